The Morgan fingerprint density at radius 2 is 2.35 bits per heavy atom. The van der Waals surface area contributed by atoms with Gasteiger partial charge in [-0.05, 0) is 18.6 Å². The van der Waals surface area contributed by atoms with Crippen molar-refractivity contribution in [2.24, 2.45) is 0 Å². The third-order valence-corrected chi connectivity index (χ3v) is 3.24. The number of aliphatic hydroxyl groups is 1. The Balaban J connectivity index is 2.06. The maximum Gasteiger partial charge on any atom is 0.290 e. The number of carbonyl (C=O) groups is 1. The molecule has 108 valence electrons. The van der Waals surface area contributed by atoms with Gasteiger partial charge in [0.2, 0.25) is 5.76 Å². The minimum atomic E-state index is -0.602. The largest absolute Gasteiger partial charge is 0.467 e. The molecule has 2 N–H and O–H groups in total. The van der Waals surface area contributed by atoms with Gasteiger partial charge in [0.25, 0.3) is 5.91 Å². The SMILES string of the molecule is CCC(C)c1cc(C(=O)NC(CO)c2ccco2)on1. The molecule has 2 rings (SSSR count). The monoisotopic (exact) mass is 278 g/mol. The highest BCUT2D eigenvalue weighted by molar-refractivity contribution is 5.91. The van der Waals surface area contributed by atoms with E-state index in [1.54, 1.807) is 18.2 Å². The number of nitrogens with one attached hydrogen (secondary N) is 1. The topological polar surface area (TPSA) is 88.5 Å². The van der Waals surface area contributed by atoms with Crippen LogP contribution in [0.5, 0.6) is 0 Å². The molecule has 0 saturated carbocycles. The number of furan rings is 1. The molecule has 6 nitrogen and oxygen atoms in total. The van der Waals surface area contributed by atoms with Crippen molar-refractivity contribution in [1.82, 2.24) is 10.5 Å². The number of hydrogen-bond donors (Lipinski definition) is 2. The lowest BCUT2D eigenvalue weighted by atomic mass is 10.1. The molecular weight excluding hydrogens is 260 g/mol. The van der Waals surface area contributed by atoms with E-state index >= 15 is 0 Å². The Labute approximate surface area is 116 Å². The van der Waals surface area contributed by atoms with E-state index < -0.39 is 11.9 Å². The van der Waals surface area contributed by atoms with Gasteiger partial charge in [-0.2, -0.15) is 0 Å². The summed E-state index contributed by atoms with van der Waals surface area (Å²) >= 11 is 0. The maximum absolute atomic E-state index is 12.0. The van der Waals surface area contributed by atoms with Crippen molar-refractivity contribution in [3.8, 4) is 0 Å². The van der Waals surface area contributed by atoms with Crippen LogP contribution in [-0.4, -0.2) is 22.8 Å². The van der Waals surface area contributed by atoms with E-state index in [4.69, 9.17) is 8.94 Å². The van der Waals surface area contributed by atoms with Gasteiger partial charge in [0.05, 0.1) is 18.6 Å². The highest BCUT2D eigenvalue weighted by Crippen LogP contribution is 2.19. The second-order valence-corrected chi connectivity index (χ2v) is 4.65. The van der Waals surface area contributed by atoms with Crippen LogP contribution in [0.15, 0.2) is 33.4 Å². The number of amides is 1. The number of carbonyl (C=O) groups excluding carboxylic acids is 1. The minimum absolute atomic E-state index is 0.130. The number of aromatic nitrogens is 1. The fraction of sp³-hybridized carbons (Fsp3) is 0.429. The summed E-state index contributed by atoms with van der Waals surface area (Å²) in [6.07, 6.45) is 2.40. The Morgan fingerprint density at radius 1 is 1.55 bits per heavy atom. The van der Waals surface area contributed by atoms with Crippen LogP contribution in [0.4, 0.5) is 0 Å². The predicted octanol–water partition coefficient (Wildman–Crippen LogP) is 2.24. The Morgan fingerprint density at radius 3 is 2.95 bits per heavy atom. The van der Waals surface area contributed by atoms with E-state index in [1.807, 2.05) is 13.8 Å². The quantitative estimate of drug-likeness (QED) is 0.846. The zero-order valence-corrected chi connectivity index (χ0v) is 11.5. The third kappa shape index (κ3) is 3.08. The minimum Gasteiger partial charge on any atom is -0.467 e. The Bertz CT molecular complexity index is 547. The van der Waals surface area contributed by atoms with Crippen molar-refractivity contribution < 1.29 is 18.8 Å². The number of hydrogen-bond acceptors (Lipinski definition) is 5. The molecule has 0 fully saturated rings. The van der Waals surface area contributed by atoms with E-state index in [2.05, 4.69) is 10.5 Å². The van der Waals surface area contributed by atoms with Crippen molar-refractivity contribution in [3.63, 3.8) is 0 Å². The lowest BCUT2D eigenvalue weighted by molar-refractivity contribution is 0.0870. The molecular formula is C14H18N2O4. The zero-order chi connectivity index (χ0) is 14.5. The molecule has 0 aromatic carbocycles. The summed E-state index contributed by atoms with van der Waals surface area (Å²) in [5.74, 6) is 0.425. The van der Waals surface area contributed by atoms with Gasteiger partial charge in [-0.1, -0.05) is 19.0 Å². The molecule has 0 aliphatic carbocycles. The highest BCUT2D eigenvalue weighted by atomic mass is 16.5. The van der Waals surface area contributed by atoms with Crippen LogP contribution >= 0.6 is 0 Å². The first kappa shape index (κ1) is 14.3. The van der Waals surface area contributed by atoms with Crippen molar-refractivity contribution in [1.29, 1.82) is 0 Å². The predicted molar refractivity (Wildman–Crippen MR) is 71.2 cm³/mol. The van der Waals surface area contributed by atoms with Crippen LogP contribution in [0, 0.1) is 0 Å². The molecule has 2 aromatic heterocycles. The smallest absolute Gasteiger partial charge is 0.290 e. The van der Waals surface area contributed by atoms with Gasteiger partial charge in [-0.25, -0.2) is 0 Å². The number of aliphatic hydroxyl groups excluding tert-OH is 1. The molecule has 0 bridgehead atoms. The number of rotatable bonds is 6. The molecule has 0 aliphatic heterocycles. The second kappa shape index (κ2) is 6.38. The van der Waals surface area contributed by atoms with Crippen molar-refractivity contribution in [3.05, 3.63) is 41.7 Å². The van der Waals surface area contributed by atoms with Crippen LogP contribution in [0.2, 0.25) is 0 Å². The van der Waals surface area contributed by atoms with Crippen LogP contribution in [0.1, 0.15) is 54.2 Å². The summed E-state index contributed by atoms with van der Waals surface area (Å²) in [5.41, 5.74) is 0.746. The summed E-state index contributed by atoms with van der Waals surface area (Å²) in [7, 11) is 0. The first-order chi connectivity index (χ1) is 9.65. The first-order valence-corrected chi connectivity index (χ1v) is 6.57. The molecule has 0 aliphatic rings. The van der Waals surface area contributed by atoms with Crippen LogP contribution < -0.4 is 5.32 Å². The zero-order valence-electron chi connectivity index (χ0n) is 11.5. The molecule has 1 amide bonds. The van der Waals surface area contributed by atoms with Gasteiger partial charge in [-0.15, -0.1) is 0 Å². The molecule has 0 radical (unpaired) electrons. The molecule has 2 aromatic rings. The fourth-order valence-corrected chi connectivity index (χ4v) is 1.76. The molecule has 2 heterocycles. The highest BCUT2D eigenvalue weighted by Gasteiger charge is 2.21. The van der Waals surface area contributed by atoms with Gasteiger partial charge in [0, 0.05) is 12.0 Å². The van der Waals surface area contributed by atoms with Gasteiger partial charge >= 0.3 is 0 Å². The summed E-state index contributed by atoms with van der Waals surface area (Å²) in [6, 6.07) is 4.40. The Kier molecular flexibility index (Phi) is 4.57. The van der Waals surface area contributed by atoms with Gasteiger partial charge in [-0.3, -0.25) is 4.79 Å². The standard InChI is InChI=1S/C14H18N2O4/c1-3-9(2)10-7-13(20-16-10)14(18)15-11(8-17)12-5-4-6-19-12/h4-7,9,11,17H,3,8H2,1-2H3,(H,15,18). The van der Waals surface area contributed by atoms with Gasteiger partial charge in [0.15, 0.2) is 0 Å². The van der Waals surface area contributed by atoms with Crippen molar-refractivity contribution in [2.75, 3.05) is 6.61 Å². The summed E-state index contributed by atoms with van der Waals surface area (Å²) in [5, 5.41) is 15.8. The number of nitrogens with zero attached hydrogens (tertiary/aromatic N) is 1. The molecule has 6 heteroatoms. The van der Waals surface area contributed by atoms with E-state index in [1.165, 1.54) is 6.26 Å². The molecule has 20 heavy (non-hydrogen) atoms. The Hall–Kier alpha value is -2.08. The van der Waals surface area contributed by atoms with E-state index in [0.717, 1.165) is 12.1 Å². The van der Waals surface area contributed by atoms with Crippen molar-refractivity contribution >= 4 is 5.91 Å². The molecule has 0 spiro atoms. The lowest BCUT2D eigenvalue weighted by Gasteiger charge is -2.12. The lowest BCUT2D eigenvalue weighted by Crippen LogP contribution is -2.30. The normalized spacial score (nSPS) is 13.9. The van der Waals surface area contributed by atoms with Gasteiger partial charge in [0.1, 0.15) is 11.8 Å². The average Bonchev–Trinajstić information content (AvgIpc) is 3.14. The second-order valence-electron chi connectivity index (χ2n) is 4.65. The van der Waals surface area contributed by atoms with Crippen LogP contribution in [0.25, 0.3) is 0 Å². The molecule has 2 atom stereocenters. The average molecular weight is 278 g/mol. The maximum atomic E-state index is 12.0. The van der Waals surface area contributed by atoms with Crippen LogP contribution in [0.3, 0.4) is 0 Å². The van der Waals surface area contributed by atoms with E-state index in [9.17, 15) is 9.90 Å². The van der Waals surface area contributed by atoms with Gasteiger partial charge < -0.3 is 19.4 Å². The van der Waals surface area contributed by atoms with E-state index in [-0.39, 0.29) is 18.3 Å². The third-order valence-electron chi connectivity index (χ3n) is 3.24. The summed E-state index contributed by atoms with van der Waals surface area (Å²) in [4.78, 5) is 12.0. The molecule has 0 saturated heterocycles. The first-order valence-electron chi connectivity index (χ1n) is 6.57. The summed E-state index contributed by atoms with van der Waals surface area (Å²) < 4.78 is 10.2. The van der Waals surface area contributed by atoms with Crippen molar-refractivity contribution in [2.45, 2.75) is 32.2 Å². The van der Waals surface area contributed by atoms with E-state index in [0.29, 0.717) is 5.76 Å². The molecule has 2 unspecified atom stereocenters. The van der Waals surface area contributed by atoms with Crippen LogP contribution in [-0.2, 0) is 0 Å². The summed E-state index contributed by atoms with van der Waals surface area (Å²) in [6.45, 7) is 3.79. The fourth-order valence-electron chi connectivity index (χ4n) is 1.76.